The third kappa shape index (κ3) is 2.06. The van der Waals surface area contributed by atoms with Crippen molar-refractivity contribution in [3.63, 3.8) is 0 Å². The van der Waals surface area contributed by atoms with Gasteiger partial charge in [-0.3, -0.25) is 9.59 Å². The number of carbonyl (C=O) groups is 2. The predicted molar refractivity (Wildman–Crippen MR) is 58.8 cm³/mol. The summed E-state index contributed by atoms with van der Waals surface area (Å²) in [5.74, 6) is -1.63. The van der Waals surface area contributed by atoms with E-state index in [1.54, 1.807) is 0 Å². The van der Waals surface area contributed by atoms with Crippen molar-refractivity contribution in [1.82, 2.24) is 5.32 Å². The molecule has 3 atom stereocenters. The monoisotopic (exact) mass is 225 g/mol. The molecule has 0 radical (unpaired) electrons. The minimum atomic E-state index is -0.842. The molecule has 0 heterocycles. The van der Waals surface area contributed by atoms with E-state index >= 15 is 0 Å². The van der Waals surface area contributed by atoms with Crippen LogP contribution in [0, 0.1) is 17.3 Å². The van der Waals surface area contributed by atoms with Crippen molar-refractivity contribution in [2.75, 3.05) is 0 Å². The van der Waals surface area contributed by atoms with E-state index in [4.69, 9.17) is 5.11 Å². The largest absolute Gasteiger partial charge is 0.481 e. The Morgan fingerprint density at radius 1 is 1.31 bits per heavy atom. The summed E-state index contributed by atoms with van der Waals surface area (Å²) in [7, 11) is 0. The van der Waals surface area contributed by atoms with E-state index < -0.39 is 11.9 Å². The number of carbonyl (C=O) groups excluding carboxylic acids is 1. The third-order valence-electron chi connectivity index (χ3n) is 4.02. The number of hydrogen-bond donors (Lipinski definition) is 2. The molecule has 0 aliphatic heterocycles. The molecule has 2 N–H and O–H groups in total. The molecule has 0 saturated heterocycles. The second-order valence-corrected chi connectivity index (χ2v) is 5.73. The molecular formula is C12H19NO3. The average Bonchev–Trinajstić information content (AvgIpc) is 2.89. The molecule has 0 aromatic rings. The van der Waals surface area contributed by atoms with Gasteiger partial charge in [0.1, 0.15) is 0 Å². The van der Waals surface area contributed by atoms with Crippen LogP contribution in [0.1, 0.15) is 39.5 Å². The molecule has 4 heteroatoms. The quantitative estimate of drug-likeness (QED) is 0.763. The highest BCUT2D eigenvalue weighted by Gasteiger charge is 2.49. The number of rotatable bonds is 3. The first kappa shape index (κ1) is 11.4. The zero-order chi connectivity index (χ0) is 11.9. The van der Waals surface area contributed by atoms with Crippen molar-refractivity contribution in [2.24, 2.45) is 17.3 Å². The summed E-state index contributed by atoms with van der Waals surface area (Å²) in [5, 5.41) is 11.8. The zero-order valence-electron chi connectivity index (χ0n) is 9.82. The summed E-state index contributed by atoms with van der Waals surface area (Å²) in [6.07, 6.45) is 3.80. The van der Waals surface area contributed by atoms with Crippen LogP contribution in [0.5, 0.6) is 0 Å². The van der Waals surface area contributed by atoms with E-state index in [0.29, 0.717) is 6.42 Å². The van der Waals surface area contributed by atoms with Crippen molar-refractivity contribution in [2.45, 2.75) is 45.6 Å². The van der Waals surface area contributed by atoms with Gasteiger partial charge in [-0.05, 0) is 24.7 Å². The van der Waals surface area contributed by atoms with E-state index in [-0.39, 0.29) is 23.3 Å². The molecule has 0 bridgehead atoms. The molecule has 2 aliphatic rings. The molecule has 90 valence electrons. The fourth-order valence-corrected chi connectivity index (χ4v) is 2.63. The second kappa shape index (κ2) is 3.75. The Labute approximate surface area is 95.4 Å². The van der Waals surface area contributed by atoms with Crippen molar-refractivity contribution >= 4 is 11.9 Å². The molecule has 2 fully saturated rings. The van der Waals surface area contributed by atoms with Crippen LogP contribution in [0.4, 0.5) is 0 Å². The molecular weight excluding hydrogens is 206 g/mol. The van der Waals surface area contributed by atoms with Gasteiger partial charge in [-0.2, -0.15) is 0 Å². The molecule has 2 rings (SSSR count). The Morgan fingerprint density at radius 3 is 2.44 bits per heavy atom. The molecule has 1 amide bonds. The number of carboxylic acids is 1. The van der Waals surface area contributed by atoms with Crippen LogP contribution in [0.3, 0.4) is 0 Å². The summed E-state index contributed by atoms with van der Waals surface area (Å²) >= 11 is 0. The highest BCUT2D eigenvalue weighted by Crippen LogP contribution is 2.41. The summed E-state index contributed by atoms with van der Waals surface area (Å²) in [6.45, 7) is 4.32. The minimum absolute atomic E-state index is 0.0626. The van der Waals surface area contributed by atoms with E-state index in [9.17, 15) is 9.59 Å². The standard InChI is InChI=1S/C12H19NO3/c1-12(2)5-3-4-9(12)13-10(14)7-6-8(7)11(15)16/h7-9H,3-6H2,1-2H3,(H,13,14)(H,15,16)/t7-,8-,9?/m1/s1. The number of aliphatic carboxylic acids is 1. The topological polar surface area (TPSA) is 66.4 Å². The highest BCUT2D eigenvalue weighted by atomic mass is 16.4. The van der Waals surface area contributed by atoms with Gasteiger partial charge in [0.05, 0.1) is 11.8 Å². The smallest absolute Gasteiger partial charge is 0.307 e. The van der Waals surface area contributed by atoms with Crippen molar-refractivity contribution in [3.8, 4) is 0 Å². The van der Waals surface area contributed by atoms with E-state index in [0.717, 1.165) is 19.3 Å². The molecule has 2 saturated carbocycles. The molecule has 0 aromatic heterocycles. The Bertz CT molecular complexity index is 324. The Morgan fingerprint density at radius 2 is 2.00 bits per heavy atom. The van der Waals surface area contributed by atoms with Crippen molar-refractivity contribution in [3.05, 3.63) is 0 Å². The Kier molecular flexibility index (Phi) is 2.68. The first-order valence-electron chi connectivity index (χ1n) is 5.95. The van der Waals surface area contributed by atoms with Crippen LogP contribution in [0.25, 0.3) is 0 Å². The van der Waals surface area contributed by atoms with Gasteiger partial charge in [-0.1, -0.05) is 20.3 Å². The van der Waals surface area contributed by atoms with Crippen LogP contribution in [0.2, 0.25) is 0 Å². The van der Waals surface area contributed by atoms with Gasteiger partial charge < -0.3 is 10.4 Å². The highest BCUT2D eigenvalue weighted by molar-refractivity contribution is 5.89. The van der Waals surface area contributed by atoms with Gasteiger partial charge in [-0.25, -0.2) is 0 Å². The maximum Gasteiger partial charge on any atom is 0.307 e. The normalized spacial score (nSPS) is 35.8. The van der Waals surface area contributed by atoms with Crippen LogP contribution < -0.4 is 5.32 Å². The summed E-state index contributed by atoms with van der Waals surface area (Å²) < 4.78 is 0. The molecule has 0 aromatic carbocycles. The lowest BCUT2D eigenvalue weighted by molar-refractivity contribution is -0.140. The van der Waals surface area contributed by atoms with Gasteiger partial charge in [0.2, 0.25) is 5.91 Å². The van der Waals surface area contributed by atoms with Crippen LogP contribution in [-0.4, -0.2) is 23.0 Å². The van der Waals surface area contributed by atoms with E-state index in [2.05, 4.69) is 19.2 Å². The molecule has 0 spiro atoms. The van der Waals surface area contributed by atoms with Crippen LogP contribution in [-0.2, 0) is 9.59 Å². The maximum atomic E-state index is 11.8. The fraction of sp³-hybridized carbons (Fsp3) is 0.833. The van der Waals surface area contributed by atoms with Crippen molar-refractivity contribution in [1.29, 1.82) is 0 Å². The number of carboxylic acid groups (broad SMARTS) is 1. The predicted octanol–water partition coefficient (Wildman–Crippen LogP) is 1.40. The summed E-state index contributed by atoms with van der Waals surface area (Å²) in [6, 6.07) is 0.218. The Balaban J connectivity index is 1.87. The average molecular weight is 225 g/mol. The summed E-state index contributed by atoms with van der Waals surface area (Å²) in [4.78, 5) is 22.5. The van der Waals surface area contributed by atoms with Gasteiger partial charge >= 0.3 is 5.97 Å². The lowest BCUT2D eigenvalue weighted by atomic mass is 9.87. The lowest BCUT2D eigenvalue weighted by Crippen LogP contribution is -2.42. The van der Waals surface area contributed by atoms with Gasteiger partial charge in [0, 0.05) is 6.04 Å². The lowest BCUT2D eigenvalue weighted by Gasteiger charge is -2.27. The first-order valence-corrected chi connectivity index (χ1v) is 5.95. The SMILES string of the molecule is CC1(C)CCCC1NC(=O)[C@@H]1C[C@H]1C(=O)O. The molecule has 16 heavy (non-hydrogen) atoms. The molecule has 2 aliphatic carbocycles. The summed E-state index contributed by atoms with van der Waals surface area (Å²) in [5.41, 5.74) is 0.156. The van der Waals surface area contributed by atoms with Crippen LogP contribution in [0.15, 0.2) is 0 Å². The zero-order valence-corrected chi connectivity index (χ0v) is 9.82. The van der Waals surface area contributed by atoms with Gasteiger partial charge in [0.25, 0.3) is 0 Å². The third-order valence-corrected chi connectivity index (χ3v) is 4.02. The Hall–Kier alpha value is -1.06. The minimum Gasteiger partial charge on any atom is -0.481 e. The number of amides is 1. The second-order valence-electron chi connectivity index (χ2n) is 5.73. The number of hydrogen-bond acceptors (Lipinski definition) is 2. The van der Waals surface area contributed by atoms with Crippen molar-refractivity contribution < 1.29 is 14.7 Å². The van der Waals surface area contributed by atoms with Gasteiger partial charge in [0.15, 0.2) is 0 Å². The fourth-order valence-electron chi connectivity index (χ4n) is 2.63. The van der Waals surface area contributed by atoms with E-state index in [1.807, 2.05) is 0 Å². The maximum absolute atomic E-state index is 11.8. The van der Waals surface area contributed by atoms with Gasteiger partial charge in [-0.15, -0.1) is 0 Å². The number of nitrogens with one attached hydrogen (secondary N) is 1. The van der Waals surface area contributed by atoms with E-state index in [1.165, 1.54) is 0 Å². The molecule has 4 nitrogen and oxygen atoms in total. The first-order chi connectivity index (χ1) is 7.42. The molecule has 1 unspecified atom stereocenters. The van der Waals surface area contributed by atoms with Crippen LogP contribution >= 0.6 is 0 Å².